The molecule has 0 fully saturated rings. The van der Waals surface area contributed by atoms with Crippen molar-refractivity contribution in [1.82, 2.24) is 4.57 Å². The molecule has 0 aliphatic rings. The molecule has 0 aliphatic heterocycles. The summed E-state index contributed by atoms with van der Waals surface area (Å²) in [7, 11) is 1.28. The van der Waals surface area contributed by atoms with Gasteiger partial charge in [0.15, 0.2) is 5.78 Å². The SMILES string of the molecule is COC(=O)c1ccc2c(c1)cc(C(C)=O)n2CC(=O)O. The van der Waals surface area contributed by atoms with Crippen LogP contribution in [0.25, 0.3) is 10.9 Å². The Morgan fingerprint density at radius 2 is 1.95 bits per heavy atom. The van der Waals surface area contributed by atoms with Gasteiger partial charge < -0.3 is 14.4 Å². The number of aliphatic carboxylic acids is 1. The zero-order valence-corrected chi connectivity index (χ0v) is 11.0. The molecule has 0 saturated carbocycles. The van der Waals surface area contributed by atoms with Gasteiger partial charge in [0.2, 0.25) is 0 Å². The lowest BCUT2D eigenvalue weighted by atomic mass is 10.1. The molecule has 20 heavy (non-hydrogen) atoms. The van der Waals surface area contributed by atoms with Crippen LogP contribution in [0.5, 0.6) is 0 Å². The van der Waals surface area contributed by atoms with Gasteiger partial charge in [0, 0.05) is 17.8 Å². The van der Waals surface area contributed by atoms with Crippen molar-refractivity contribution in [2.75, 3.05) is 7.11 Å². The van der Waals surface area contributed by atoms with E-state index in [9.17, 15) is 14.4 Å². The van der Waals surface area contributed by atoms with Crippen molar-refractivity contribution < 1.29 is 24.2 Å². The number of hydrogen-bond acceptors (Lipinski definition) is 4. The largest absolute Gasteiger partial charge is 0.480 e. The van der Waals surface area contributed by atoms with E-state index in [0.717, 1.165) is 0 Å². The molecule has 104 valence electrons. The van der Waals surface area contributed by atoms with Crippen LogP contribution in [0.3, 0.4) is 0 Å². The number of carbonyl (C=O) groups excluding carboxylic acids is 2. The Balaban J connectivity index is 2.64. The van der Waals surface area contributed by atoms with Crippen LogP contribution in [0.15, 0.2) is 24.3 Å². The smallest absolute Gasteiger partial charge is 0.337 e. The van der Waals surface area contributed by atoms with Gasteiger partial charge >= 0.3 is 11.9 Å². The molecule has 0 unspecified atom stereocenters. The molecule has 1 aromatic heterocycles. The first-order valence-electron chi connectivity index (χ1n) is 5.88. The highest BCUT2D eigenvalue weighted by Crippen LogP contribution is 2.22. The zero-order valence-electron chi connectivity index (χ0n) is 11.0. The summed E-state index contributed by atoms with van der Waals surface area (Å²) < 4.78 is 6.05. The van der Waals surface area contributed by atoms with Crippen LogP contribution in [0.4, 0.5) is 0 Å². The lowest BCUT2D eigenvalue weighted by Gasteiger charge is -2.05. The molecular formula is C14H13NO5. The second-order valence-electron chi connectivity index (χ2n) is 4.33. The maximum absolute atomic E-state index is 11.6. The van der Waals surface area contributed by atoms with E-state index in [1.807, 2.05) is 0 Å². The van der Waals surface area contributed by atoms with Crippen molar-refractivity contribution in [2.24, 2.45) is 0 Å². The second kappa shape index (κ2) is 5.16. The van der Waals surface area contributed by atoms with Crippen molar-refractivity contribution in [3.63, 3.8) is 0 Å². The fraction of sp³-hybridized carbons (Fsp3) is 0.214. The minimum Gasteiger partial charge on any atom is -0.480 e. The van der Waals surface area contributed by atoms with Crippen molar-refractivity contribution in [2.45, 2.75) is 13.5 Å². The first-order chi connectivity index (χ1) is 9.43. The fourth-order valence-electron chi connectivity index (χ4n) is 2.11. The number of methoxy groups -OCH3 is 1. The topological polar surface area (TPSA) is 85.6 Å². The first kappa shape index (κ1) is 13.8. The zero-order chi connectivity index (χ0) is 14.9. The molecule has 1 N–H and O–H groups in total. The number of carbonyl (C=O) groups is 3. The van der Waals surface area contributed by atoms with Crippen molar-refractivity contribution in [1.29, 1.82) is 0 Å². The van der Waals surface area contributed by atoms with Crippen LogP contribution in [-0.2, 0) is 16.1 Å². The third-order valence-corrected chi connectivity index (χ3v) is 2.98. The van der Waals surface area contributed by atoms with Crippen molar-refractivity contribution in [3.05, 3.63) is 35.5 Å². The highest BCUT2D eigenvalue weighted by atomic mass is 16.5. The Labute approximate surface area is 114 Å². The van der Waals surface area contributed by atoms with Gasteiger partial charge in [0.05, 0.1) is 18.4 Å². The van der Waals surface area contributed by atoms with E-state index in [2.05, 4.69) is 4.74 Å². The molecule has 1 heterocycles. The quantitative estimate of drug-likeness (QED) is 0.678. The van der Waals surface area contributed by atoms with E-state index in [0.29, 0.717) is 22.2 Å². The van der Waals surface area contributed by atoms with Crippen molar-refractivity contribution in [3.8, 4) is 0 Å². The monoisotopic (exact) mass is 275 g/mol. The molecule has 2 aromatic rings. The summed E-state index contributed by atoms with van der Waals surface area (Å²) in [6, 6.07) is 6.30. The molecule has 2 rings (SSSR count). The molecule has 0 aliphatic carbocycles. The number of hydrogen-bond donors (Lipinski definition) is 1. The van der Waals surface area contributed by atoms with Gasteiger partial charge in [0.25, 0.3) is 0 Å². The average molecular weight is 275 g/mol. The van der Waals surface area contributed by atoms with E-state index >= 15 is 0 Å². The van der Waals surface area contributed by atoms with E-state index < -0.39 is 11.9 Å². The summed E-state index contributed by atoms with van der Waals surface area (Å²) in [5, 5.41) is 9.55. The summed E-state index contributed by atoms with van der Waals surface area (Å²) in [5.41, 5.74) is 1.23. The van der Waals surface area contributed by atoms with E-state index in [1.54, 1.807) is 18.2 Å². The third kappa shape index (κ3) is 2.40. The average Bonchev–Trinajstić information content (AvgIpc) is 2.75. The molecule has 6 heteroatoms. The van der Waals surface area contributed by atoms with Crippen molar-refractivity contribution >= 4 is 28.6 Å². The Hall–Kier alpha value is -2.63. The van der Waals surface area contributed by atoms with Gasteiger partial charge in [0.1, 0.15) is 6.54 Å². The third-order valence-electron chi connectivity index (χ3n) is 2.98. The highest BCUT2D eigenvalue weighted by molar-refractivity contribution is 6.01. The van der Waals surface area contributed by atoms with Crippen LogP contribution in [0.1, 0.15) is 27.8 Å². The Morgan fingerprint density at radius 1 is 1.25 bits per heavy atom. The lowest BCUT2D eigenvalue weighted by molar-refractivity contribution is -0.137. The summed E-state index contributed by atoms with van der Waals surface area (Å²) >= 11 is 0. The van der Waals surface area contributed by atoms with Gasteiger partial charge in [-0.25, -0.2) is 4.79 Å². The Kier molecular flexibility index (Phi) is 3.56. The number of aromatic nitrogens is 1. The number of esters is 1. The van der Waals surface area contributed by atoms with E-state index in [-0.39, 0.29) is 12.3 Å². The molecule has 0 spiro atoms. The number of ketones is 1. The second-order valence-corrected chi connectivity index (χ2v) is 4.33. The Morgan fingerprint density at radius 3 is 2.50 bits per heavy atom. The molecule has 0 radical (unpaired) electrons. The summed E-state index contributed by atoms with van der Waals surface area (Å²) in [4.78, 5) is 34.0. The van der Waals surface area contributed by atoms with Gasteiger partial charge in [-0.2, -0.15) is 0 Å². The van der Waals surface area contributed by atoms with Gasteiger partial charge in [-0.05, 0) is 24.3 Å². The molecular weight excluding hydrogens is 262 g/mol. The minimum atomic E-state index is -1.04. The summed E-state index contributed by atoms with van der Waals surface area (Å²) in [5.74, 6) is -1.76. The molecule has 0 saturated heterocycles. The molecule has 0 bridgehead atoms. The molecule has 6 nitrogen and oxygen atoms in total. The van der Waals surface area contributed by atoms with Crippen LogP contribution < -0.4 is 0 Å². The fourth-order valence-corrected chi connectivity index (χ4v) is 2.11. The highest BCUT2D eigenvalue weighted by Gasteiger charge is 2.16. The van der Waals surface area contributed by atoms with E-state index in [4.69, 9.17) is 5.11 Å². The van der Waals surface area contributed by atoms with Gasteiger partial charge in [-0.15, -0.1) is 0 Å². The number of carboxylic acid groups (broad SMARTS) is 1. The standard InChI is InChI=1S/C14H13NO5/c1-8(16)12-6-10-5-9(14(19)20-2)3-4-11(10)15(12)7-13(17)18/h3-6H,7H2,1-2H3,(H,17,18). The van der Waals surface area contributed by atoms with Crippen LogP contribution in [-0.4, -0.2) is 34.5 Å². The van der Waals surface area contributed by atoms with Crippen LogP contribution in [0.2, 0.25) is 0 Å². The maximum Gasteiger partial charge on any atom is 0.337 e. The predicted octanol–water partition coefficient (Wildman–Crippen LogP) is 1.72. The summed E-state index contributed by atoms with van der Waals surface area (Å²) in [6.45, 7) is 1.06. The maximum atomic E-state index is 11.6. The number of nitrogens with zero attached hydrogens (tertiary/aromatic N) is 1. The molecule has 1 aromatic carbocycles. The normalized spacial score (nSPS) is 10.5. The number of benzene rings is 1. The molecule has 0 atom stereocenters. The van der Waals surface area contributed by atoms with Gasteiger partial charge in [-0.1, -0.05) is 0 Å². The first-order valence-corrected chi connectivity index (χ1v) is 5.88. The number of Topliss-reactive ketones (excluding diaryl/α,β-unsaturated/α-hetero) is 1. The predicted molar refractivity (Wildman–Crippen MR) is 70.9 cm³/mol. The van der Waals surface area contributed by atoms with Crippen LogP contribution >= 0.6 is 0 Å². The Bertz CT molecular complexity index is 714. The number of fused-ring (bicyclic) bond motifs is 1. The van der Waals surface area contributed by atoms with E-state index in [1.165, 1.54) is 24.7 Å². The van der Waals surface area contributed by atoms with Crippen LogP contribution in [0, 0.1) is 0 Å². The molecule has 0 amide bonds. The number of ether oxygens (including phenoxy) is 1. The number of carboxylic acids is 1. The minimum absolute atomic E-state index is 0.234. The lowest BCUT2D eigenvalue weighted by Crippen LogP contribution is -2.13. The van der Waals surface area contributed by atoms with Gasteiger partial charge in [-0.3, -0.25) is 9.59 Å². The number of rotatable bonds is 4. The summed E-state index contributed by atoms with van der Waals surface area (Å²) in [6.07, 6.45) is 0.